The van der Waals surface area contributed by atoms with Gasteiger partial charge < -0.3 is 26.7 Å². The van der Waals surface area contributed by atoms with E-state index in [1.54, 1.807) is 0 Å². The first-order chi connectivity index (χ1) is 1.73. The number of rotatable bonds is 0. The summed E-state index contributed by atoms with van der Waals surface area (Å²) < 4.78 is 0. The Bertz CT molecular complexity index is 16.4. The van der Waals surface area contributed by atoms with E-state index in [9.17, 15) is 0 Å². The molecule has 0 rings (SSSR count). The Hall–Kier alpha value is 1.12. The standard InChI is InChI=1S/BH3O3.Ca.H3N.O/c2-1(3)4;;;/h2-4H;;1H3;/q;+2;;-2. The van der Waals surface area contributed by atoms with Gasteiger partial charge in [-0.1, -0.05) is 0 Å². The van der Waals surface area contributed by atoms with E-state index in [1.807, 2.05) is 0 Å². The van der Waals surface area contributed by atoms with Crippen molar-refractivity contribution >= 4 is 45.1 Å². The molecule has 0 aromatic rings. The Morgan fingerprint density at radius 2 is 1.00 bits per heavy atom. The zero-order valence-corrected chi connectivity index (χ0v) is 5.95. The maximum absolute atomic E-state index is 7.17. The van der Waals surface area contributed by atoms with Gasteiger partial charge in [-0.25, -0.2) is 0 Å². The molecule has 0 saturated heterocycles. The van der Waals surface area contributed by atoms with Gasteiger partial charge in [0.15, 0.2) is 0 Å². The predicted molar refractivity (Wildman–Crippen MR) is 23.9 cm³/mol. The zero-order valence-electron chi connectivity index (χ0n) is 3.74. The van der Waals surface area contributed by atoms with Crippen molar-refractivity contribution in [2.75, 3.05) is 0 Å². The molecule has 0 aliphatic carbocycles. The second-order valence-electron chi connectivity index (χ2n) is 0.346. The summed E-state index contributed by atoms with van der Waals surface area (Å²) in [5, 5.41) is 21.5. The summed E-state index contributed by atoms with van der Waals surface area (Å²) in [5.74, 6) is 0. The maximum Gasteiger partial charge on any atom is 2.00 e. The molecule has 0 aliphatic heterocycles. The monoisotopic (exact) mass is 135 g/mol. The van der Waals surface area contributed by atoms with Crippen molar-refractivity contribution < 1.29 is 20.5 Å². The minimum atomic E-state index is -2.17. The molecule has 0 fully saturated rings. The SMILES string of the molecule is N.OB(O)O.[Ca+2].[O-2]. The molecule has 0 radical (unpaired) electrons. The predicted octanol–water partition coefficient (Wildman–Crippen LogP) is -2.39. The number of hydrogen-bond donors (Lipinski definition) is 4. The fourth-order valence-electron chi connectivity index (χ4n) is 0. The van der Waals surface area contributed by atoms with Crippen LogP contribution in [0.5, 0.6) is 0 Å². The molecule has 0 aromatic heterocycles. The topological polar surface area (TPSA) is 124 Å². The van der Waals surface area contributed by atoms with E-state index in [4.69, 9.17) is 15.1 Å². The molecule has 0 unspecified atom stereocenters. The van der Waals surface area contributed by atoms with Crippen molar-refractivity contribution in [1.29, 1.82) is 0 Å². The summed E-state index contributed by atoms with van der Waals surface area (Å²) in [4.78, 5) is 0. The van der Waals surface area contributed by atoms with Gasteiger partial charge in [-0.05, 0) is 0 Å². The van der Waals surface area contributed by atoms with Gasteiger partial charge >= 0.3 is 45.1 Å². The van der Waals surface area contributed by atoms with Gasteiger partial charge in [0.1, 0.15) is 0 Å². The molecule has 0 saturated carbocycles. The van der Waals surface area contributed by atoms with E-state index < -0.39 is 7.32 Å². The number of hydrogen-bond acceptors (Lipinski definition) is 4. The zero-order chi connectivity index (χ0) is 3.58. The molecule has 0 aromatic carbocycles. The fraction of sp³-hybridized carbons (Fsp3) is 0. The van der Waals surface area contributed by atoms with E-state index in [1.165, 1.54) is 0 Å². The minimum Gasteiger partial charge on any atom is -2.00 e. The van der Waals surface area contributed by atoms with E-state index in [0.717, 1.165) is 0 Å². The Morgan fingerprint density at radius 1 is 1.00 bits per heavy atom. The van der Waals surface area contributed by atoms with Crippen LogP contribution in [0.2, 0.25) is 0 Å². The summed E-state index contributed by atoms with van der Waals surface area (Å²) in [7, 11) is -2.17. The third-order valence-electron chi connectivity index (χ3n) is 0. The summed E-state index contributed by atoms with van der Waals surface area (Å²) in [6, 6.07) is 0. The van der Waals surface area contributed by atoms with Gasteiger partial charge in [0.05, 0.1) is 0 Å². The second kappa shape index (κ2) is 15.7. The van der Waals surface area contributed by atoms with Crippen molar-refractivity contribution in [3.8, 4) is 0 Å². The third-order valence-corrected chi connectivity index (χ3v) is 0. The Morgan fingerprint density at radius 3 is 1.00 bits per heavy atom. The molecule has 5 nitrogen and oxygen atoms in total. The van der Waals surface area contributed by atoms with Crippen molar-refractivity contribution in [1.82, 2.24) is 6.15 Å². The largest absolute Gasteiger partial charge is 2.00 e. The second-order valence-corrected chi connectivity index (χ2v) is 0.346. The Kier molecular flexibility index (Phi) is 54.4. The van der Waals surface area contributed by atoms with Crippen LogP contribution < -0.4 is 6.15 Å². The summed E-state index contributed by atoms with van der Waals surface area (Å²) in [5.41, 5.74) is 0. The van der Waals surface area contributed by atoms with Gasteiger partial charge in [-0.15, -0.1) is 0 Å². The van der Waals surface area contributed by atoms with Crippen LogP contribution in [0.1, 0.15) is 0 Å². The van der Waals surface area contributed by atoms with Crippen molar-refractivity contribution in [2.24, 2.45) is 0 Å². The molecule has 0 aliphatic rings. The first kappa shape index (κ1) is 24.2. The van der Waals surface area contributed by atoms with Gasteiger partial charge in [-0.2, -0.15) is 0 Å². The van der Waals surface area contributed by atoms with E-state index in [-0.39, 0.29) is 49.4 Å². The minimum absolute atomic E-state index is 0. The van der Waals surface area contributed by atoms with E-state index in [2.05, 4.69) is 0 Å². The van der Waals surface area contributed by atoms with Crippen LogP contribution in [-0.2, 0) is 5.48 Å². The Labute approximate surface area is 71.4 Å². The molecule has 0 heterocycles. The van der Waals surface area contributed by atoms with Crippen LogP contribution in [0, 0.1) is 0 Å². The van der Waals surface area contributed by atoms with Gasteiger partial charge in [0.2, 0.25) is 0 Å². The van der Waals surface area contributed by atoms with Gasteiger partial charge in [0, 0.05) is 0 Å². The van der Waals surface area contributed by atoms with Crippen molar-refractivity contribution in [2.45, 2.75) is 0 Å². The fourth-order valence-corrected chi connectivity index (χ4v) is 0. The van der Waals surface area contributed by atoms with Crippen LogP contribution in [-0.4, -0.2) is 60.1 Å². The average Bonchev–Trinajstić information content (AvgIpc) is 0.811. The molecular weight excluding hydrogens is 129 g/mol. The molecule has 0 atom stereocenters. The molecular formula is H6BCaNO4. The molecule has 0 bridgehead atoms. The Balaban J connectivity index is -0.0000000150. The van der Waals surface area contributed by atoms with Crippen molar-refractivity contribution in [3.63, 3.8) is 0 Å². The van der Waals surface area contributed by atoms with E-state index >= 15 is 0 Å². The van der Waals surface area contributed by atoms with Gasteiger partial charge in [0.25, 0.3) is 0 Å². The first-order valence-electron chi connectivity index (χ1n) is 0.775. The first-order valence-corrected chi connectivity index (χ1v) is 0.775. The van der Waals surface area contributed by atoms with Crippen molar-refractivity contribution in [3.05, 3.63) is 0 Å². The maximum atomic E-state index is 7.17. The smallest absolute Gasteiger partial charge is 2.00 e. The van der Waals surface area contributed by atoms with Crippen LogP contribution in [0.25, 0.3) is 0 Å². The van der Waals surface area contributed by atoms with E-state index in [0.29, 0.717) is 0 Å². The quantitative estimate of drug-likeness (QED) is 0.276. The molecule has 7 heteroatoms. The van der Waals surface area contributed by atoms with Crippen LogP contribution in [0.3, 0.4) is 0 Å². The molecule has 40 valence electrons. The summed E-state index contributed by atoms with van der Waals surface area (Å²) >= 11 is 0. The van der Waals surface area contributed by atoms with Crippen LogP contribution in [0.4, 0.5) is 0 Å². The van der Waals surface area contributed by atoms with Crippen LogP contribution in [0.15, 0.2) is 0 Å². The normalized spacial score (nSPS) is 3.86. The summed E-state index contributed by atoms with van der Waals surface area (Å²) in [6.45, 7) is 0. The molecule has 7 heavy (non-hydrogen) atoms. The summed E-state index contributed by atoms with van der Waals surface area (Å²) in [6.07, 6.45) is 0. The molecule has 0 spiro atoms. The molecule has 6 N–H and O–H groups in total. The third kappa shape index (κ3) is 148. The molecule has 0 amide bonds. The van der Waals surface area contributed by atoms with Crippen LogP contribution >= 0.6 is 0 Å². The average molecular weight is 135 g/mol. The van der Waals surface area contributed by atoms with Gasteiger partial charge in [-0.3, -0.25) is 0 Å².